The number of carbonyl (C=O) groups excluding carboxylic acids is 1. The molecule has 4 aromatic rings. The van der Waals surface area contributed by atoms with E-state index < -0.39 is 0 Å². The Morgan fingerprint density at radius 3 is 2.71 bits per heavy atom. The van der Waals surface area contributed by atoms with Crippen LogP contribution in [0, 0.1) is 13.8 Å². The summed E-state index contributed by atoms with van der Waals surface area (Å²) in [6.07, 6.45) is 5.01. The summed E-state index contributed by atoms with van der Waals surface area (Å²) in [4.78, 5) is 19.6. The van der Waals surface area contributed by atoms with Crippen molar-refractivity contribution in [3.63, 3.8) is 0 Å². The van der Waals surface area contributed by atoms with Crippen LogP contribution in [0.25, 0.3) is 0 Å². The van der Waals surface area contributed by atoms with Gasteiger partial charge in [-0.15, -0.1) is 0 Å². The van der Waals surface area contributed by atoms with Crippen molar-refractivity contribution in [2.45, 2.75) is 45.6 Å². The Kier molecular flexibility index (Phi) is 7.36. The van der Waals surface area contributed by atoms with Gasteiger partial charge in [0.25, 0.3) is 0 Å². The highest BCUT2D eigenvalue weighted by Gasteiger charge is 2.34. The second-order valence-corrected chi connectivity index (χ2v) is 9.87. The van der Waals surface area contributed by atoms with E-state index in [0.717, 1.165) is 39.1 Å². The molecule has 0 bridgehead atoms. The maximum Gasteiger partial charge on any atom is 0.223 e. The van der Waals surface area contributed by atoms with Crippen molar-refractivity contribution >= 4 is 5.91 Å². The fourth-order valence-corrected chi connectivity index (χ4v) is 5.22. The van der Waals surface area contributed by atoms with Crippen molar-refractivity contribution in [2.75, 3.05) is 13.2 Å². The zero-order valence-corrected chi connectivity index (χ0v) is 21.7. The fourth-order valence-electron chi connectivity index (χ4n) is 5.22. The summed E-state index contributed by atoms with van der Waals surface area (Å²) in [7, 11) is 0. The number of ether oxygens (including phenoxy) is 1. The van der Waals surface area contributed by atoms with E-state index in [2.05, 4.69) is 37.0 Å². The number of fused-ring (bicyclic) bond motifs is 1. The lowest BCUT2D eigenvalue weighted by Crippen LogP contribution is -2.41. The Balaban J connectivity index is 1.44. The molecular formula is C31H32N2O5. The molecule has 3 aromatic carbocycles. The highest BCUT2D eigenvalue weighted by atomic mass is 16.5. The number of hydrogen-bond donors (Lipinski definition) is 2. The molecule has 5 rings (SSSR count). The number of aromatic nitrogens is 1. The first-order chi connectivity index (χ1) is 18.4. The van der Waals surface area contributed by atoms with Crippen LogP contribution in [0.2, 0.25) is 0 Å². The van der Waals surface area contributed by atoms with Crippen molar-refractivity contribution in [1.29, 1.82) is 0 Å². The number of aromatic hydroxyl groups is 2. The third kappa shape index (κ3) is 5.52. The smallest absolute Gasteiger partial charge is 0.223 e. The first-order valence-corrected chi connectivity index (χ1v) is 12.9. The van der Waals surface area contributed by atoms with Gasteiger partial charge in [0.05, 0.1) is 18.3 Å². The summed E-state index contributed by atoms with van der Waals surface area (Å²) in [5.74, 6) is 0.729. The van der Waals surface area contributed by atoms with Gasteiger partial charge >= 0.3 is 0 Å². The molecule has 196 valence electrons. The Morgan fingerprint density at radius 1 is 1.08 bits per heavy atom. The molecule has 1 amide bonds. The number of benzene rings is 3. The molecule has 2 N–H and O–H groups in total. The normalized spacial score (nSPS) is 14.8. The molecule has 1 aliphatic heterocycles. The van der Waals surface area contributed by atoms with Gasteiger partial charge in [-0.2, -0.15) is 0 Å². The number of hydrogen-bond acceptors (Lipinski definition) is 6. The van der Waals surface area contributed by atoms with Crippen LogP contribution in [-0.4, -0.2) is 39.2 Å². The molecule has 1 aliphatic rings. The van der Waals surface area contributed by atoms with Crippen molar-refractivity contribution in [3.05, 3.63) is 106 Å². The summed E-state index contributed by atoms with van der Waals surface area (Å²) >= 11 is 0. The van der Waals surface area contributed by atoms with Crippen molar-refractivity contribution in [1.82, 2.24) is 9.88 Å². The second kappa shape index (κ2) is 11.0. The lowest BCUT2D eigenvalue weighted by atomic mass is 9.85. The summed E-state index contributed by atoms with van der Waals surface area (Å²) in [5.41, 5.74) is 6.99. The monoisotopic (exact) mass is 512 g/mol. The van der Waals surface area contributed by atoms with E-state index in [0.29, 0.717) is 44.6 Å². The predicted octanol–water partition coefficient (Wildman–Crippen LogP) is 5.43. The molecule has 7 heteroatoms. The van der Waals surface area contributed by atoms with Crippen LogP contribution in [0.5, 0.6) is 17.2 Å². The average Bonchev–Trinajstić information content (AvgIpc) is 3.41. The standard InChI is InChI=1S/C31H32N2O5/c1-20-6-8-26(21(2)14-20)31-27-17-29(38-13-11-22-4-3-5-25(34)15-22)28(35)16-23(27)10-12-33(31)30(36)9-7-24-18-37-19-32-24/h3-6,8,14-19,31,34-35H,7,9-13H2,1-2H3. The largest absolute Gasteiger partial charge is 0.508 e. The van der Waals surface area contributed by atoms with Gasteiger partial charge < -0.3 is 24.3 Å². The highest BCUT2D eigenvalue weighted by molar-refractivity contribution is 5.78. The molecule has 0 saturated carbocycles. The fraction of sp³-hybridized carbons (Fsp3) is 0.290. The minimum absolute atomic E-state index is 0.0445. The molecule has 1 unspecified atom stereocenters. The Labute approximate surface area is 222 Å². The maximum absolute atomic E-state index is 13.5. The van der Waals surface area contributed by atoms with Gasteiger partial charge in [-0.05, 0) is 72.4 Å². The van der Waals surface area contributed by atoms with E-state index in [-0.39, 0.29) is 23.4 Å². The summed E-state index contributed by atoms with van der Waals surface area (Å²) < 4.78 is 11.1. The summed E-state index contributed by atoms with van der Waals surface area (Å²) in [5, 5.41) is 20.5. The van der Waals surface area contributed by atoms with E-state index in [4.69, 9.17) is 9.15 Å². The minimum Gasteiger partial charge on any atom is -0.508 e. The van der Waals surface area contributed by atoms with Crippen LogP contribution in [-0.2, 0) is 24.1 Å². The van der Waals surface area contributed by atoms with Crippen LogP contribution in [0.15, 0.2) is 71.7 Å². The number of phenols is 2. The van der Waals surface area contributed by atoms with E-state index in [9.17, 15) is 15.0 Å². The van der Waals surface area contributed by atoms with Crippen LogP contribution in [0.3, 0.4) is 0 Å². The Morgan fingerprint density at radius 2 is 1.95 bits per heavy atom. The second-order valence-electron chi connectivity index (χ2n) is 9.87. The summed E-state index contributed by atoms with van der Waals surface area (Å²) in [6.45, 7) is 5.02. The molecule has 0 fully saturated rings. The van der Waals surface area contributed by atoms with Gasteiger partial charge in [-0.1, -0.05) is 35.9 Å². The number of aryl methyl sites for hydroxylation is 3. The Bertz CT molecular complexity index is 1430. The lowest BCUT2D eigenvalue weighted by Gasteiger charge is -2.39. The molecule has 0 saturated heterocycles. The van der Waals surface area contributed by atoms with Gasteiger partial charge in [0, 0.05) is 25.8 Å². The number of oxazole rings is 1. The van der Waals surface area contributed by atoms with Crippen molar-refractivity contribution in [2.24, 2.45) is 0 Å². The van der Waals surface area contributed by atoms with Gasteiger partial charge in [0.15, 0.2) is 17.9 Å². The maximum atomic E-state index is 13.5. The lowest BCUT2D eigenvalue weighted by molar-refractivity contribution is -0.133. The van der Waals surface area contributed by atoms with Crippen molar-refractivity contribution < 1.29 is 24.2 Å². The Hall–Kier alpha value is -4.26. The molecule has 38 heavy (non-hydrogen) atoms. The molecular weight excluding hydrogens is 480 g/mol. The number of amides is 1. The van der Waals surface area contributed by atoms with Gasteiger partial charge in [0.2, 0.25) is 5.91 Å². The van der Waals surface area contributed by atoms with E-state index >= 15 is 0 Å². The summed E-state index contributed by atoms with van der Waals surface area (Å²) in [6, 6.07) is 16.7. The molecule has 2 heterocycles. The number of phenolic OH excluding ortho intramolecular Hbond substituents is 2. The number of rotatable bonds is 8. The molecule has 1 aromatic heterocycles. The van der Waals surface area contributed by atoms with Crippen LogP contribution in [0.1, 0.15) is 51.5 Å². The van der Waals surface area contributed by atoms with Crippen LogP contribution in [0.4, 0.5) is 0 Å². The quantitative estimate of drug-likeness (QED) is 0.327. The van der Waals surface area contributed by atoms with Gasteiger partial charge in [-0.3, -0.25) is 4.79 Å². The van der Waals surface area contributed by atoms with E-state index in [1.54, 1.807) is 30.5 Å². The molecule has 0 radical (unpaired) electrons. The third-order valence-electron chi connectivity index (χ3n) is 7.13. The first-order valence-electron chi connectivity index (χ1n) is 12.9. The van der Waals surface area contributed by atoms with Gasteiger partial charge in [-0.25, -0.2) is 4.98 Å². The third-order valence-corrected chi connectivity index (χ3v) is 7.13. The molecule has 1 atom stereocenters. The minimum atomic E-state index is -0.293. The van der Waals surface area contributed by atoms with E-state index in [1.807, 2.05) is 17.0 Å². The predicted molar refractivity (Wildman–Crippen MR) is 143 cm³/mol. The highest BCUT2D eigenvalue weighted by Crippen LogP contribution is 2.42. The van der Waals surface area contributed by atoms with Gasteiger partial charge in [0.1, 0.15) is 12.0 Å². The average molecular weight is 513 g/mol. The SMILES string of the molecule is Cc1ccc(C2c3cc(OCCc4cccc(O)c4)c(O)cc3CCN2C(=O)CCc2cocn2)c(C)c1. The number of carbonyl (C=O) groups is 1. The topological polar surface area (TPSA) is 96.0 Å². The zero-order valence-electron chi connectivity index (χ0n) is 21.7. The van der Waals surface area contributed by atoms with E-state index in [1.165, 1.54) is 6.39 Å². The van der Waals surface area contributed by atoms with Crippen molar-refractivity contribution in [3.8, 4) is 17.2 Å². The van der Waals surface area contributed by atoms with Crippen LogP contribution >= 0.6 is 0 Å². The first kappa shape index (κ1) is 25.4. The molecule has 0 spiro atoms. The van der Waals surface area contributed by atoms with Crippen LogP contribution < -0.4 is 4.74 Å². The molecule has 0 aliphatic carbocycles. The zero-order chi connectivity index (χ0) is 26.6. The number of nitrogens with zero attached hydrogens (tertiary/aromatic N) is 2. The molecule has 7 nitrogen and oxygen atoms in total.